The van der Waals surface area contributed by atoms with Crippen molar-refractivity contribution in [1.82, 2.24) is 19.4 Å². The van der Waals surface area contributed by atoms with E-state index in [1.165, 1.54) is 38.2 Å². The largest absolute Gasteiger partial charge is 0.435 e. The van der Waals surface area contributed by atoms with Gasteiger partial charge in [0.05, 0.1) is 30.1 Å². The molecular formula is C23H23ClF4N4O3S. The summed E-state index contributed by atoms with van der Waals surface area (Å²) >= 11 is 5.96. The summed E-state index contributed by atoms with van der Waals surface area (Å²) in [4.78, 5) is 12.7. The van der Waals surface area contributed by atoms with Gasteiger partial charge in [-0.05, 0) is 42.8 Å². The van der Waals surface area contributed by atoms with Crippen LogP contribution in [0.4, 0.5) is 17.6 Å². The first-order chi connectivity index (χ1) is 16.7. The van der Waals surface area contributed by atoms with E-state index in [4.69, 9.17) is 11.6 Å². The van der Waals surface area contributed by atoms with Gasteiger partial charge in [0.25, 0.3) is 0 Å². The fourth-order valence-electron chi connectivity index (χ4n) is 3.32. The van der Waals surface area contributed by atoms with E-state index in [0.29, 0.717) is 10.6 Å². The van der Waals surface area contributed by atoms with Gasteiger partial charge in [-0.25, -0.2) is 21.8 Å². The summed E-state index contributed by atoms with van der Waals surface area (Å²) < 4.78 is 79.6. The number of nitrogens with zero attached hydrogens (tertiary/aromatic N) is 3. The first kappa shape index (κ1) is 27.6. The number of sulfonamides is 1. The smallest absolute Gasteiger partial charge is 0.350 e. The van der Waals surface area contributed by atoms with Gasteiger partial charge in [0.15, 0.2) is 5.69 Å². The number of halogens is 5. The lowest BCUT2D eigenvalue weighted by Gasteiger charge is -2.17. The Kier molecular flexibility index (Phi) is 8.11. The van der Waals surface area contributed by atoms with E-state index in [2.05, 4.69) is 10.4 Å². The molecule has 0 saturated carbocycles. The van der Waals surface area contributed by atoms with Crippen LogP contribution in [0.25, 0.3) is 5.69 Å². The first-order valence-corrected chi connectivity index (χ1v) is 12.8. The van der Waals surface area contributed by atoms with E-state index < -0.39 is 39.5 Å². The summed E-state index contributed by atoms with van der Waals surface area (Å²) in [5, 5.41) is 6.48. The van der Waals surface area contributed by atoms with Crippen LogP contribution in [-0.4, -0.2) is 41.7 Å². The Morgan fingerprint density at radius 1 is 1.19 bits per heavy atom. The first-order valence-electron chi connectivity index (χ1n) is 10.6. The van der Waals surface area contributed by atoms with E-state index in [0.717, 1.165) is 27.4 Å². The number of aromatic nitrogens is 2. The van der Waals surface area contributed by atoms with Crippen LogP contribution in [0.1, 0.15) is 35.4 Å². The molecule has 0 fully saturated rings. The molecule has 2 aromatic carbocycles. The highest BCUT2D eigenvalue weighted by atomic mass is 35.5. The van der Waals surface area contributed by atoms with Gasteiger partial charge in [0, 0.05) is 24.2 Å². The third-order valence-corrected chi connectivity index (χ3v) is 7.00. The van der Waals surface area contributed by atoms with Crippen molar-refractivity contribution in [3.63, 3.8) is 0 Å². The fourth-order valence-corrected chi connectivity index (χ4v) is 3.87. The molecular weight excluding hydrogens is 524 g/mol. The number of amides is 1. The second-order valence-corrected chi connectivity index (χ2v) is 10.7. The molecule has 0 bridgehead atoms. The maximum absolute atomic E-state index is 14.6. The van der Waals surface area contributed by atoms with Crippen LogP contribution < -0.4 is 5.32 Å². The van der Waals surface area contributed by atoms with Crippen molar-refractivity contribution in [2.24, 2.45) is 0 Å². The maximum atomic E-state index is 14.6. The summed E-state index contributed by atoms with van der Waals surface area (Å²) in [5.74, 6) is -2.08. The minimum atomic E-state index is -4.69. The Morgan fingerprint density at radius 2 is 1.89 bits per heavy atom. The number of rotatable bonds is 8. The molecule has 1 N–H and O–H groups in total. The lowest BCUT2D eigenvalue weighted by atomic mass is 9.98. The number of carbonyl (C=O) groups excluding carboxylic acids is 1. The molecule has 0 aliphatic carbocycles. The molecule has 0 aliphatic heterocycles. The summed E-state index contributed by atoms with van der Waals surface area (Å²) in [6.45, 7) is 1.06. The highest BCUT2D eigenvalue weighted by molar-refractivity contribution is 7.88. The van der Waals surface area contributed by atoms with Crippen LogP contribution in [0.3, 0.4) is 0 Å². The average Bonchev–Trinajstić information content (AvgIpc) is 3.22. The second-order valence-electron chi connectivity index (χ2n) is 8.22. The number of benzene rings is 2. The summed E-state index contributed by atoms with van der Waals surface area (Å²) in [6.07, 6.45) is -3.69. The zero-order chi connectivity index (χ0) is 26.8. The molecule has 13 heteroatoms. The fraction of sp³-hybridized carbons (Fsp3) is 0.304. The highest BCUT2D eigenvalue weighted by Crippen LogP contribution is 2.30. The van der Waals surface area contributed by atoms with Crippen LogP contribution in [0, 0.1) is 5.82 Å². The van der Waals surface area contributed by atoms with Gasteiger partial charge < -0.3 is 5.32 Å². The third kappa shape index (κ3) is 6.62. The van der Waals surface area contributed by atoms with Crippen molar-refractivity contribution >= 4 is 27.5 Å². The molecule has 0 saturated heterocycles. The van der Waals surface area contributed by atoms with Crippen molar-refractivity contribution in [2.75, 3.05) is 13.3 Å². The SMILES string of the molecule is CC(C(=O)NCc1cc(C(F)(F)F)nn1-c1cccc(Cl)c1)c1ccc(CN(C)S(C)(=O)=O)c(F)c1. The van der Waals surface area contributed by atoms with E-state index in [1.807, 2.05) is 0 Å². The standard InChI is InChI=1S/C23H23ClF4N4O3S/c1-14(15-7-8-16(20(25)9-15)13-31(2)36(3,34)35)22(33)29-12-19-11-21(23(26,27)28)30-32(19)18-6-4-5-17(24)10-18/h4-11,14H,12-13H2,1-3H3,(H,29,33). The predicted octanol–water partition coefficient (Wildman–Crippen LogP) is 4.49. The van der Waals surface area contributed by atoms with Gasteiger partial charge in [-0.2, -0.15) is 18.3 Å². The topological polar surface area (TPSA) is 84.3 Å². The van der Waals surface area contributed by atoms with E-state index >= 15 is 0 Å². The van der Waals surface area contributed by atoms with E-state index in [-0.39, 0.29) is 30.0 Å². The van der Waals surface area contributed by atoms with Crippen LogP contribution in [0.15, 0.2) is 48.5 Å². The highest BCUT2D eigenvalue weighted by Gasteiger charge is 2.35. The van der Waals surface area contributed by atoms with Crippen molar-refractivity contribution in [3.8, 4) is 5.69 Å². The Morgan fingerprint density at radius 3 is 2.47 bits per heavy atom. The molecule has 1 unspecified atom stereocenters. The molecule has 0 radical (unpaired) electrons. The molecule has 194 valence electrons. The molecule has 1 heterocycles. The Labute approximate surface area is 210 Å². The Bertz CT molecular complexity index is 1380. The monoisotopic (exact) mass is 546 g/mol. The zero-order valence-electron chi connectivity index (χ0n) is 19.5. The number of alkyl halides is 3. The van der Waals surface area contributed by atoms with E-state index in [1.54, 1.807) is 12.1 Å². The summed E-state index contributed by atoms with van der Waals surface area (Å²) in [6, 6.07) is 10.9. The third-order valence-electron chi connectivity index (χ3n) is 5.50. The number of carbonyl (C=O) groups is 1. The zero-order valence-corrected chi connectivity index (χ0v) is 21.0. The minimum absolute atomic E-state index is 0.0653. The quantitative estimate of drug-likeness (QED) is 0.422. The van der Waals surface area contributed by atoms with Gasteiger partial charge in [-0.15, -0.1) is 0 Å². The van der Waals surface area contributed by atoms with Crippen molar-refractivity contribution in [1.29, 1.82) is 0 Å². The molecule has 0 spiro atoms. The van der Waals surface area contributed by atoms with Crippen LogP contribution in [0.5, 0.6) is 0 Å². The van der Waals surface area contributed by atoms with E-state index in [9.17, 15) is 30.8 Å². The van der Waals surface area contributed by atoms with Crippen molar-refractivity contribution in [3.05, 3.63) is 81.9 Å². The molecule has 7 nitrogen and oxygen atoms in total. The predicted molar refractivity (Wildman–Crippen MR) is 127 cm³/mol. The number of hydrogen-bond acceptors (Lipinski definition) is 4. The second kappa shape index (κ2) is 10.6. The van der Waals surface area contributed by atoms with Crippen LogP contribution >= 0.6 is 11.6 Å². The lowest BCUT2D eigenvalue weighted by molar-refractivity contribution is -0.141. The van der Waals surface area contributed by atoms with Gasteiger partial charge >= 0.3 is 6.18 Å². The summed E-state index contributed by atoms with van der Waals surface area (Å²) in [7, 11) is -2.19. The number of nitrogens with one attached hydrogen (secondary N) is 1. The Balaban J connectivity index is 1.77. The molecule has 1 aromatic heterocycles. The molecule has 1 amide bonds. The molecule has 1 atom stereocenters. The molecule has 0 aliphatic rings. The average molecular weight is 547 g/mol. The summed E-state index contributed by atoms with van der Waals surface area (Å²) in [5.41, 5.74) is -0.335. The molecule has 3 rings (SSSR count). The molecule has 36 heavy (non-hydrogen) atoms. The van der Waals surface area contributed by atoms with Gasteiger partial charge in [-0.3, -0.25) is 4.79 Å². The van der Waals surface area contributed by atoms with Gasteiger partial charge in [0.1, 0.15) is 5.82 Å². The number of hydrogen-bond donors (Lipinski definition) is 1. The van der Waals surface area contributed by atoms with Gasteiger partial charge in [-0.1, -0.05) is 29.8 Å². The molecule has 3 aromatic rings. The minimum Gasteiger partial charge on any atom is -0.350 e. The normalized spacial score (nSPS) is 13.1. The van der Waals surface area contributed by atoms with Crippen molar-refractivity contribution < 1.29 is 30.8 Å². The lowest BCUT2D eigenvalue weighted by Crippen LogP contribution is -2.28. The Hall–Kier alpha value is -2.96. The van der Waals surface area contributed by atoms with Crippen molar-refractivity contribution in [2.45, 2.75) is 32.1 Å². The van der Waals surface area contributed by atoms with Crippen LogP contribution in [-0.2, 0) is 34.1 Å². The van der Waals surface area contributed by atoms with Crippen LogP contribution in [0.2, 0.25) is 5.02 Å². The maximum Gasteiger partial charge on any atom is 0.435 e. The van der Waals surface area contributed by atoms with Gasteiger partial charge in [0.2, 0.25) is 15.9 Å².